The van der Waals surface area contributed by atoms with Crippen molar-refractivity contribution in [1.29, 1.82) is 0 Å². The molecule has 0 spiro atoms. The maximum atomic E-state index is 5.68. The maximum absolute atomic E-state index is 5.68. The van der Waals surface area contributed by atoms with E-state index in [2.05, 4.69) is 12.6 Å². The molecule has 0 aromatic carbocycles. The zero-order valence-electron chi connectivity index (χ0n) is 6.38. The van der Waals surface area contributed by atoms with Gasteiger partial charge in [0.05, 0.1) is 0 Å². The molecule has 0 radical (unpaired) electrons. The molecule has 0 aromatic heterocycles. The van der Waals surface area contributed by atoms with Crippen LogP contribution in [0.15, 0.2) is 0 Å². The van der Waals surface area contributed by atoms with Gasteiger partial charge in [-0.05, 0) is 30.7 Å². The molecule has 3 heteroatoms. The third-order valence-electron chi connectivity index (χ3n) is 1.96. The third-order valence-corrected chi connectivity index (χ3v) is 5.09. The van der Waals surface area contributed by atoms with Gasteiger partial charge in [-0.1, -0.05) is 6.42 Å². The van der Waals surface area contributed by atoms with Gasteiger partial charge in [-0.3, -0.25) is 0 Å². The van der Waals surface area contributed by atoms with Crippen LogP contribution in [-0.4, -0.2) is 21.4 Å². The normalized spacial score (nSPS) is 26.7. The summed E-state index contributed by atoms with van der Waals surface area (Å²) in [6.07, 6.45) is 3.98. The molecule has 1 rings (SSSR count). The minimum absolute atomic E-state index is 0.693. The van der Waals surface area contributed by atoms with Gasteiger partial charge in [0.25, 0.3) is 0 Å². The lowest BCUT2D eigenvalue weighted by Gasteiger charge is -2.20. The molecule has 1 unspecified atom stereocenters. The van der Waals surface area contributed by atoms with Crippen LogP contribution in [0.25, 0.3) is 0 Å². The molecule has 1 aliphatic rings. The Bertz CT molecular complexity index is 83.7. The first-order chi connectivity index (χ1) is 4.93. The molecule has 1 atom stereocenters. The van der Waals surface area contributed by atoms with Gasteiger partial charge in [-0.15, -0.1) is 0 Å². The second-order valence-electron chi connectivity index (χ2n) is 2.85. The summed E-state index contributed by atoms with van der Waals surface area (Å²) in [6, 6.07) is 2.76. The van der Waals surface area contributed by atoms with E-state index >= 15 is 0 Å². The Morgan fingerprint density at radius 2 is 2.30 bits per heavy atom. The van der Waals surface area contributed by atoms with Crippen LogP contribution >= 0.6 is 12.6 Å². The van der Waals surface area contributed by atoms with Gasteiger partial charge in [0, 0.05) is 6.61 Å². The van der Waals surface area contributed by atoms with Crippen LogP contribution < -0.4 is 0 Å². The van der Waals surface area contributed by atoms with E-state index in [-0.39, 0.29) is 0 Å². The maximum Gasteiger partial charge on any atom is 0.176 e. The van der Waals surface area contributed by atoms with Gasteiger partial charge < -0.3 is 4.43 Å². The van der Waals surface area contributed by atoms with Crippen molar-refractivity contribution in [2.75, 3.05) is 12.4 Å². The summed E-state index contributed by atoms with van der Waals surface area (Å²) in [4.78, 5) is 0. The van der Waals surface area contributed by atoms with Crippen molar-refractivity contribution in [3.8, 4) is 0 Å². The summed E-state index contributed by atoms with van der Waals surface area (Å²) in [5.74, 6) is 1.03. The largest absolute Gasteiger partial charge is 0.420 e. The Morgan fingerprint density at radius 3 is 2.90 bits per heavy atom. The van der Waals surface area contributed by atoms with Crippen LogP contribution in [0.2, 0.25) is 12.1 Å². The van der Waals surface area contributed by atoms with Crippen molar-refractivity contribution < 1.29 is 4.43 Å². The monoisotopic (exact) mass is 176 g/mol. The van der Waals surface area contributed by atoms with E-state index in [4.69, 9.17) is 4.43 Å². The molecule has 0 aliphatic carbocycles. The molecular formula is C7H16OSSi. The molecule has 1 fully saturated rings. The number of hydrogen-bond acceptors (Lipinski definition) is 2. The first-order valence-electron chi connectivity index (χ1n) is 4.16. The van der Waals surface area contributed by atoms with Crippen molar-refractivity contribution >= 4 is 21.7 Å². The zero-order chi connectivity index (χ0) is 7.23. The summed E-state index contributed by atoms with van der Waals surface area (Å²) in [5, 5.41) is 0. The summed E-state index contributed by atoms with van der Waals surface area (Å²) in [5.41, 5.74) is 0. The predicted octanol–water partition coefficient (Wildman–Crippen LogP) is 1.84. The van der Waals surface area contributed by atoms with E-state index < -0.39 is 9.04 Å². The van der Waals surface area contributed by atoms with E-state index in [0.717, 1.165) is 12.4 Å². The molecule has 1 nitrogen and oxygen atoms in total. The van der Waals surface area contributed by atoms with Gasteiger partial charge in [-0.25, -0.2) is 0 Å². The Morgan fingerprint density at radius 1 is 1.40 bits per heavy atom. The van der Waals surface area contributed by atoms with Crippen LogP contribution in [0, 0.1) is 0 Å². The number of thiol groups is 1. The van der Waals surface area contributed by atoms with E-state index in [9.17, 15) is 0 Å². The number of rotatable bonds is 3. The average molecular weight is 176 g/mol. The Hall–Kier alpha value is 0.527. The predicted molar refractivity (Wildman–Crippen MR) is 50.4 cm³/mol. The molecule has 0 saturated carbocycles. The summed E-state index contributed by atoms with van der Waals surface area (Å²) >= 11 is 4.19. The minimum Gasteiger partial charge on any atom is -0.420 e. The Balaban J connectivity index is 2.02. The van der Waals surface area contributed by atoms with Gasteiger partial charge in [-0.2, -0.15) is 12.6 Å². The lowest BCUT2D eigenvalue weighted by Crippen LogP contribution is -2.22. The van der Waals surface area contributed by atoms with Gasteiger partial charge >= 0.3 is 0 Å². The van der Waals surface area contributed by atoms with Gasteiger partial charge in [0.2, 0.25) is 0 Å². The highest BCUT2D eigenvalue weighted by Gasteiger charge is 2.14. The van der Waals surface area contributed by atoms with Gasteiger partial charge in [0.15, 0.2) is 9.04 Å². The topological polar surface area (TPSA) is 9.23 Å². The molecule has 0 amide bonds. The molecular weight excluding hydrogens is 160 g/mol. The molecule has 0 aromatic rings. The van der Waals surface area contributed by atoms with E-state index in [1.807, 2.05) is 0 Å². The van der Waals surface area contributed by atoms with E-state index in [1.165, 1.54) is 31.4 Å². The molecule has 60 valence electrons. The Kier molecular flexibility index (Phi) is 4.49. The molecule has 10 heavy (non-hydrogen) atoms. The molecule has 1 aliphatic heterocycles. The lowest BCUT2D eigenvalue weighted by molar-refractivity contribution is 0.286. The fourth-order valence-corrected chi connectivity index (χ4v) is 4.41. The number of hydrogen-bond donors (Lipinski definition) is 1. The van der Waals surface area contributed by atoms with Crippen LogP contribution in [0.4, 0.5) is 0 Å². The fraction of sp³-hybridized carbons (Fsp3) is 1.00. The van der Waals surface area contributed by atoms with Crippen LogP contribution in [-0.2, 0) is 4.43 Å². The molecule has 0 bridgehead atoms. The van der Waals surface area contributed by atoms with E-state index in [1.54, 1.807) is 0 Å². The van der Waals surface area contributed by atoms with Crippen LogP contribution in [0.1, 0.15) is 19.3 Å². The second kappa shape index (κ2) is 5.21. The summed E-state index contributed by atoms with van der Waals surface area (Å²) in [7, 11) is -0.693. The fourth-order valence-electron chi connectivity index (χ4n) is 1.35. The van der Waals surface area contributed by atoms with Crippen LogP contribution in [0.5, 0.6) is 0 Å². The highest BCUT2D eigenvalue weighted by molar-refractivity contribution is 7.80. The van der Waals surface area contributed by atoms with Gasteiger partial charge in [0.1, 0.15) is 0 Å². The Labute approximate surface area is 70.3 Å². The second-order valence-corrected chi connectivity index (χ2v) is 6.03. The van der Waals surface area contributed by atoms with Crippen molar-refractivity contribution in [2.24, 2.45) is 0 Å². The van der Waals surface area contributed by atoms with Crippen molar-refractivity contribution in [1.82, 2.24) is 0 Å². The molecule has 1 heterocycles. The van der Waals surface area contributed by atoms with Crippen molar-refractivity contribution in [3.63, 3.8) is 0 Å². The minimum atomic E-state index is -0.693. The first-order valence-corrected chi connectivity index (χ1v) is 6.89. The third kappa shape index (κ3) is 3.08. The highest BCUT2D eigenvalue weighted by atomic mass is 32.1. The lowest BCUT2D eigenvalue weighted by atomic mass is 10.4. The molecule has 0 N–H and O–H groups in total. The zero-order valence-corrected chi connectivity index (χ0v) is 8.43. The van der Waals surface area contributed by atoms with Crippen LogP contribution in [0.3, 0.4) is 0 Å². The van der Waals surface area contributed by atoms with E-state index in [0.29, 0.717) is 0 Å². The highest BCUT2D eigenvalue weighted by Crippen LogP contribution is 2.15. The quantitative estimate of drug-likeness (QED) is 0.510. The summed E-state index contributed by atoms with van der Waals surface area (Å²) < 4.78 is 5.68. The first kappa shape index (κ1) is 8.62. The smallest absolute Gasteiger partial charge is 0.176 e. The van der Waals surface area contributed by atoms with Crippen molar-refractivity contribution in [2.45, 2.75) is 31.4 Å². The standard InChI is InChI=1S/C7H16OSSi/c9-5-3-7-10-6-2-1-4-8-10/h9-10H,1-7H2. The SMILES string of the molecule is SCCC[SiH]1CCCCO1. The molecule has 1 saturated heterocycles. The summed E-state index contributed by atoms with van der Waals surface area (Å²) in [6.45, 7) is 1.05. The van der Waals surface area contributed by atoms with Crippen molar-refractivity contribution in [3.05, 3.63) is 0 Å². The average Bonchev–Trinajstić information content (AvgIpc) is 2.03.